The first-order valence-corrected chi connectivity index (χ1v) is 9.98. The van der Waals surface area contributed by atoms with E-state index >= 15 is 0 Å². The summed E-state index contributed by atoms with van der Waals surface area (Å²) in [7, 11) is -2.98. The number of rotatable bonds is 6. The first-order chi connectivity index (χ1) is 14.4. The molecule has 0 aliphatic rings. The number of amides is 1. The molecule has 1 heterocycles. The summed E-state index contributed by atoms with van der Waals surface area (Å²) in [5.41, 5.74) is -0.0418. The van der Waals surface area contributed by atoms with Crippen molar-refractivity contribution in [3.63, 3.8) is 0 Å². The summed E-state index contributed by atoms with van der Waals surface area (Å²) in [5, 5.41) is 0. The van der Waals surface area contributed by atoms with Gasteiger partial charge in [-0.1, -0.05) is 18.2 Å². The lowest BCUT2D eigenvalue weighted by atomic mass is 10.3. The predicted molar refractivity (Wildman–Crippen MR) is 105 cm³/mol. The molecule has 0 aliphatic carbocycles. The van der Waals surface area contributed by atoms with E-state index in [2.05, 4.69) is 14.5 Å². The van der Waals surface area contributed by atoms with Crippen LogP contribution in [0.1, 0.15) is 10.4 Å². The number of carbonyl (C=O) groups excluding carboxylic acids is 2. The fourth-order valence-electron chi connectivity index (χ4n) is 2.25. The van der Waals surface area contributed by atoms with Crippen LogP contribution in [-0.2, 0) is 14.8 Å². The molecule has 1 aromatic heterocycles. The molecule has 10 heteroatoms. The summed E-state index contributed by atoms with van der Waals surface area (Å²) < 4.78 is 41.5. The molecule has 3 aromatic rings. The molecular formula is C20H16N2O7S. The van der Waals surface area contributed by atoms with Crippen molar-refractivity contribution >= 4 is 22.1 Å². The second kappa shape index (κ2) is 9.05. The molecule has 0 unspecified atom stereocenters. The molecule has 1 amide bonds. The molecule has 0 radical (unpaired) electrons. The third kappa shape index (κ3) is 5.32. The number of para-hydroxylation sites is 1. The van der Waals surface area contributed by atoms with Crippen LogP contribution >= 0.6 is 0 Å². The van der Waals surface area contributed by atoms with E-state index < -0.39 is 22.1 Å². The third-order valence-corrected chi connectivity index (χ3v) is 5.04. The number of nitrogens with one attached hydrogen (secondary N) is 1. The number of ether oxygens (including phenoxy) is 3. The van der Waals surface area contributed by atoms with Gasteiger partial charge in [0.2, 0.25) is 5.88 Å². The minimum absolute atomic E-state index is 0.0418. The molecule has 9 nitrogen and oxygen atoms in total. The number of benzene rings is 2. The summed E-state index contributed by atoms with van der Waals surface area (Å²) in [6.45, 7) is 0. The van der Waals surface area contributed by atoms with Crippen molar-refractivity contribution in [2.24, 2.45) is 0 Å². The maximum atomic E-state index is 12.5. The van der Waals surface area contributed by atoms with Gasteiger partial charge in [-0.2, -0.15) is 0 Å². The highest BCUT2D eigenvalue weighted by atomic mass is 32.2. The van der Waals surface area contributed by atoms with Gasteiger partial charge in [0, 0.05) is 12.3 Å². The second-order valence-electron chi connectivity index (χ2n) is 5.76. The fraction of sp³-hybridized carbons (Fsp3) is 0.0500. The van der Waals surface area contributed by atoms with E-state index in [1.54, 1.807) is 12.1 Å². The molecule has 30 heavy (non-hydrogen) atoms. The number of hydrogen-bond acceptors (Lipinski definition) is 8. The summed E-state index contributed by atoms with van der Waals surface area (Å²) in [6, 6.07) is 17.1. The Morgan fingerprint density at radius 2 is 1.57 bits per heavy atom. The first-order valence-electron chi connectivity index (χ1n) is 8.49. The van der Waals surface area contributed by atoms with Crippen LogP contribution in [0.5, 0.6) is 17.4 Å². The highest BCUT2D eigenvalue weighted by Crippen LogP contribution is 2.22. The van der Waals surface area contributed by atoms with Crippen LogP contribution in [0, 0.1) is 0 Å². The van der Waals surface area contributed by atoms with Crippen molar-refractivity contribution in [1.29, 1.82) is 0 Å². The van der Waals surface area contributed by atoms with E-state index in [4.69, 9.17) is 4.74 Å². The van der Waals surface area contributed by atoms with Gasteiger partial charge in [0.15, 0.2) is 0 Å². The zero-order valence-corrected chi connectivity index (χ0v) is 16.5. The lowest BCUT2D eigenvalue weighted by Crippen LogP contribution is -2.30. The van der Waals surface area contributed by atoms with Crippen LogP contribution in [0.2, 0.25) is 0 Å². The largest absolute Gasteiger partial charge is 0.514 e. The van der Waals surface area contributed by atoms with Crippen molar-refractivity contribution in [2.75, 3.05) is 7.11 Å². The number of aromatic nitrogens is 1. The average molecular weight is 428 g/mol. The van der Waals surface area contributed by atoms with Crippen LogP contribution in [0.15, 0.2) is 77.8 Å². The molecule has 0 atom stereocenters. The second-order valence-corrected chi connectivity index (χ2v) is 7.44. The Kier molecular flexibility index (Phi) is 6.28. The van der Waals surface area contributed by atoms with Gasteiger partial charge in [0.1, 0.15) is 11.5 Å². The fourth-order valence-corrected chi connectivity index (χ4v) is 3.23. The average Bonchev–Trinajstić information content (AvgIpc) is 2.75. The molecule has 0 aliphatic heterocycles. The van der Waals surface area contributed by atoms with Crippen LogP contribution in [0.25, 0.3) is 0 Å². The number of pyridine rings is 1. The minimum Gasteiger partial charge on any atom is -0.457 e. The summed E-state index contributed by atoms with van der Waals surface area (Å²) in [5.74, 6) is 0.0531. The molecule has 154 valence electrons. The van der Waals surface area contributed by atoms with Crippen molar-refractivity contribution in [3.05, 3.63) is 78.5 Å². The Labute approximate surface area is 172 Å². The van der Waals surface area contributed by atoms with Crippen LogP contribution in [0.3, 0.4) is 0 Å². The van der Waals surface area contributed by atoms with Crippen LogP contribution in [0.4, 0.5) is 4.79 Å². The highest BCUT2D eigenvalue weighted by Gasteiger charge is 2.19. The molecule has 0 saturated heterocycles. The predicted octanol–water partition coefficient (Wildman–Crippen LogP) is 3.14. The minimum atomic E-state index is -4.12. The van der Waals surface area contributed by atoms with Crippen LogP contribution in [-0.4, -0.2) is 32.6 Å². The summed E-state index contributed by atoms with van der Waals surface area (Å²) in [6.07, 6.45) is 0.0990. The van der Waals surface area contributed by atoms with Gasteiger partial charge in [-0.05, 0) is 42.5 Å². The maximum Gasteiger partial charge on any atom is 0.514 e. The van der Waals surface area contributed by atoms with Gasteiger partial charge in [0.25, 0.3) is 15.9 Å². The smallest absolute Gasteiger partial charge is 0.457 e. The maximum absolute atomic E-state index is 12.5. The van der Waals surface area contributed by atoms with Crippen LogP contribution < -0.4 is 14.2 Å². The Morgan fingerprint density at radius 1 is 0.900 bits per heavy atom. The summed E-state index contributed by atoms with van der Waals surface area (Å²) in [4.78, 5) is 26.9. The molecule has 0 fully saturated rings. The monoisotopic (exact) mass is 428 g/mol. The van der Waals surface area contributed by atoms with Gasteiger partial charge in [-0.15, -0.1) is 0 Å². The van der Waals surface area contributed by atoms with Crippen molar-refractivity contribution in [1.82, 2.24) is 9.71 Å². The van der Waals surface area contributed by atoms with E-state index in [0.717, 1.165) is 13.3 Å². The van der Waals surface area contributed by atoms with E-state index in [0.29, 0.717) is 11.5 Å². The number of nitrogens with zero attached hydrogens (tertiary/aromatic N) is 1. The van der Waals surface area contributed by atoms with Gasteiger partial charge < -0.3 is 14.2 Å². The van der Waals surface area contributed by atoms with E-state index in [1.165, 1.54) is 36.4 Å². The number of sulfonamides is 1. The first kappa shape index (κ1) is 20.8. The Morgan fingerprint density at radius 3 is 2.17 bits per heavy atom. The lowest BCUT2D eigenvalue weighted by molar-refractivity contribution is 0.0981. The SMILES string of the molecule is COC(=O)Oc1ccc(C(=O)NS(=O)(=O)c2ccc(Oc3ccccc3)cc2)cn1. The zero-order chi connectivity index (χ0) is 21.6. The Balaban J connectivity index is 1.66. The Hall–Kier alpha value is -3.92. The van der Waals surface area contributed by atoms with Gasteiger partial charge >= 0.3 is 6.16 Å². The van der Waals surface area contributed by atoms with Gasteiger partial charge in [-0.3, -0.25) is 4.79 Å². The topological polar surface area (TPSA) is 121 Å². The van der Waals surface area contributed by atoms with Crippen molar-refractivity contribution < 1.29 is 32.2 Å². The quantitative estimate of drug-likeness (QED) is 0.595. The summed E-state index contributed by atoms with van der Waals surface area (Å²) >= 11 is 0. The van der Waals surface area contributed by atoms with E-state index in [9.17, 15) is 18.0 Å². The molecule has 0 saturated carbocycles. The number of carbonyl (C=O) groups is 2. The Bertz CT molecular complexity index is 1130. The zero-order valence-electron chi connectivity index (χ0n) is 15.6. The molecule has 3 rings (SSSR count). The van der Waals surface area contributed by atoms with Crippen molar-refractivity contribution in [3.8, 4) is 17.4 Å². The molecular weight excluding hydrogens is 412 g/mol. The third-order valence-electron chi connectivity index (χ3n) is 3.69. The number of methoxy groups -OCH3 is 1. The van der Waals surface area contributed by atoms with Gasteiger partial charge in [-0.25, -0.2) is 22.9 Å². The normalized spacial score (nSPS) is 10.7. The van der Waals surface area contributed by atoms with E-state index in [-0.39, 0.29) is 16.3 Å². The highest BCUT2D eigenvalue weighted by molar-refractivity contribution is 7.90. The molecule has 2 aromatic carbocycles. The van der Waals surface area contributed by atoms with E-state index in [1.807, 2.05) is 22.9 Å². The molecule has 0 bridgehead atoms. The number of hydrogen-bond donors (Lipinski definition) is 1. The lowest BCUT2D eigenvalue weighted by Gasteiger charge is -2.09. The molecule has 1 N–H and O–H groups in total. The standard InChI is InChI=1S/C20H16N2O7S/c1-27-20(24)29-18-12-7-14(13-21-18)19(23)22-30(25,26)17-10-8-16(9-11-17)28-15-5-3-2-4-6-15/h2-13H,1H3,(H,22,23). The van der Waals surface area contributed by atoms with Gasteiger partial charge in [0.05, 0.1) is 17.6 Å². The van der Waals surface area contributed by atoms with Crippen molar-refractivity contribution in [2.45, 2.75) is 4.90 Å². The molecule has 0 spiro atoms.